The minimum absolute atomic E-state index is 0.0958. The molecular weight excluding hydrogens is 398 g/mol. The predicted octanol–water partition coefficient (Wildman–Crippen LogP) is 6.47. The molecular formula is C28H25NO3. The number of rotatable bonds is 5. The van der Waals surface area contributed by atoms with Crippen molar-refractivity contribution in [3.8, 4) is 11.5 Å². The predicted molar refractivity (Wildman–Crippen MR) is 127 cm³/mol. The van der Waals surface area contributed by atoms with E-state index in [2.05, 4.69) is 61.0 Å². The number of nitrogens with zero attached hydrogens (tertiary/aromatic N) is 1. The zero-order valence-electron chi connectivity index (χ0n) is 18.5. The van der Waals surface area contributed by atoms with Crippen molar-refractivity contribution in [2.75, 3.05) is 0 Å². The molecule has 160 valence electrons. The smallest absolute Gasteiger partial charge is 0.231 e. The van der Waals surface area contributed by atoms with E-state index in [0.29, 0.717) is 23.7 Å². The molecule has 1 aliphatic rings. The highest BCUT2D eigenvalue weighted by molar-refractivity contribution is 6.15. The minimum atomic E-state index is -0.0958. The van der Waals surface area contributed by atoms with Crippen LogP contribution in [-0.4, -0.2) is 10.4 Å². The summed E-state index contributed by atoms with van der Waals surface area (Å²) in [5.74, 6) is 1.56. The van der Waals surface area contributed by atoms with E-state index in [1.54, 1.807) is 6.07 Å². The van der Waals surface area contributed by atoms with Crippen LogP contribution in [0.5, 0.6) is 11.5 Å². The Hall–Kier alpha value is -3.79. The van der Waals surface area contributed by atoms with Gasteiger partial charge in [0, 0.05) is 34.8 Å². The number of ketones is 1. The van der Waals surface area contributed by atoms with E-state index in [1.807, 2.05) is 31.2 Å². The summed E-state index contributed by atoms with van der Waals surface area (Å²) in [6.45, 7) is 7.43. The van der Waals surface area contributed by atoms with Crippen LogP contribution in [0.4, 0.5) is 0 Å². The van der Waals surface area contributed by atoms with Crippen LogP contribution in [0.1, 0.15) is 39.5 Å². The molecule has 0 radical (unpaired) electrons. The summed E-state index contributed by atoms with van der Waals surface area (Å²) in [7, 11) is 0. The number of allylic oxidation sites excluding steroid dienone is 1. The van der Waals surface area contributed by atoms with Gasteiger partial charge in [0.2, 0.25) is 5.78 Å². The van der Waals surface area contributed by atoms with Crippen LogP contribution in [0.15, 0.2) is 72.6 Å². The second-order valence-corrected chi connectivity index (χ2v) is 8.17. The summed E-state index contributed by atoms with van der Waals surface area (Å²) < 4.78 is 14.3. The molecule has 0 amide bonds. The second-order valence-electron chi connectivity index (χ2n) is 8.17. The van der Waals surface area contributed by atoms with E-state index in [9.17, 15) is 4.79 Å². The molecule has 5 rings (SSSR count). The molecule has 0 atom stereocenters. The van der Waals surface area contributed by atoms with E-state index in [1.165, 1.54) is 5.56 Å². The van der Waals surface area contributed by atoms with E-state index in [-0.39, 0.29) is 5.78 Å². The van der Waals surface area contributed by atoms with E-state index in [4.69, 9.17) is 9.47 Å². The Morgan fingerprint density at radius 3 is 2.56 bits per heavy atom. The fourth-order valence-electron chi connectivity index (χ4n) is 4.16. The maximum atomic E-state index is 13.0. The molecule has 0 bridgehead atoms. The van der Waals surface area contributed by atoms with Crippen LogP contribution in [0.25, 0.3) is 17.0 Å². The van der Waals surface area contributed by atoms with Crippen molar-refractivity contribution in [3.05, 3.63) is 100 Å². The Bertz CT molecular complexity index is 1360. The van der Waals surface area contributed by atoms with E-state index in [0.717, 1.165) is 39.9 Å². The van der Waals surface area contributed by atoms with Crippen molar-refractivity contribution >= 4 is 22.8 Å². The van der Waals surface area contributed by atoms with Crippen molar-refractivity contribution in [2.24, 2.45) is 0 Å². The lowest BCUT2D eigenvalue weighted by molar-refractivity contribution is 0.101. The van der Waals surface area contributed by atoms with Crippen molar-refractivity contribution < 1.29 is 14.3 Å². The normalized spacial score (nSPS) is 14.1. The monoisotopic (exact) mass is 423 g/mol. The number of carbonyl (C=O) groups excluding carboxylic acids is 1. The molecule has 0 saturated heterocycles. The third kappa shape index (κ3) is 3.48. The van der Waals surface area contributed by atoms with E-state index >= 15 is 0 Å². The van der Waals surface area contributed by atoms with Gasteiger partial charge in [-0.05, 0) is 50.6 Å². The highest BCUT2D eigenvalue weighted by atomic mass is 16.5. The molecule has 4 heteroatoms. The molecule has 0 unspecified atom stereocenters. The lowest BCUT2D eigenvalue weighted by atomic mass is 10.1. The average molecular weight is 424 g/mol. The largest absolute Gasteiger partial charge is 0.488 e. The first-order valence-corrected chi connectivity index (χ1v) is 10.9. The molecule has 0 saturated carbocycles. The Morgan fingerprint density at radius 2 is 1.78 bits per heavy atom. The molecule has 0 fully saturated rings. The van der Waals surface area contributed by atoms with Crippen molar-refractivity contribution in [2.45, 2.75) is 33.9 Å². The van der Waals surface area contributed by atoms with Crippen molar-refractivity contribution in [1.29, 1.82) is 0 Å². The first kappa shape index (κ1) is 20.1. The van der Waals surface area contributed by atoms with E-state index < -0.39 is 0 Å². The SMILES string of the molecule is CCn1cc(/C=C2/Oc3c(ccc(OCc4ccc(C)cc4)c3C)C2=O)c2ccccc21. The molecule has 0 spiro atoms. The summed E-state index contributed by atoms with van der Waals surface area (Å²) in [4.78, 5) is 13.0. The number of ether oxygens (including phenoxy) is 2. The summed E-state index contributed by atoms with van der Waals surface area (Å²) in [6.07, 6.45) is 3.92. The summed E-state index contributed by atoms with van der Waals surface area (Å²) in [6, 6.07) is 20.1. The van der Waals surface area contributed by atoms with Crippen LogP contribution in [-0.2, 0) is 13.2 Å². The third-order valence-electron chi connectivity index (χ3n) is 6.00. The number of aryl methyl sites for hydroxylation is 2. The molecule has 4 aromatic rings. The molecule has 0 aliphatic carbocycles. The minimum Gasteiger partial charge on any atom is -0.488 e. The second kappa shape index (κ2) is 8.04. The van der Waals surface area contributed by atoms with Gasteiger partial charge in [-0.1, -0.05) is 48.0 Å². The van der Waals surface area contributed by atoms with Crippen molar-refractivity contribution in [3.63, 3.8) is 0 Å². The molecule has 0 N–H and O–H groups in total. The Morgan fingerprint density at radius 1 is 1.00 bits per heavy atom. The van der Waals surface area contributed by atoms with Gasteiger partial charge in [0.05, 0.1) is 5.56 Å². The van der Waals surface area contributed by atoms with Gasteiger partial charge in [-0.2, -0.15) is 0 Å². The fraction of sp³-hybridized carbons (Fsp3) is 0.179. The topological polar surface area (TPSA) is 40.5 Å². The highest BCUT2D eigenvalue weighted by Gasteiger charge is 2.30. The lowest BCUT2D eigenvalue weighted by Gasteiger charge is -2.11. The summed E-state index contributed by atoms with van der Waals surface area (Å²) in [5.41, 5.74) is 5.86. The number of fused-ring (bicyclic) bond motifs is 2. The highest BCUT2D eigenvalue weighted by Crippen LogP contribution is 2.40. The molecule has 1 aromatic heterocycles. The molecule has 2 heterocycles. The van der Waals surface area contributed by atoms with Gasteiger partial charge in [0.15, 0.2) is 5.76 Å². The number of Topliss-reactive ketones (excluding diaryl/α,β-unsaturated/α-hetero) is 1. The standard InChI is InChI=1S/C28H25NO3/c1-4-29-16-21(22-7-5-6-8-24(22)29)15-26-27(30)23-13-14-25(19(3)28(23)32-26)31-17-20-11-9-18(2)10-12-20/h5-16H,4,17H2,1-3H3/b26-15+. The molecule has 1 aliphatic heterocycles. The van der Waals surface area contributed by atoms with Crippen LogP contribution < -0.4 is 9.47 Å². The fourth-order valence-corrected chi connectivity index (χ4v) is 4.16. The van der Waals surface area contributed by atoms with Crippen LogP contribution >= 0.6 is 0 Å². The Kier molecular flexibility index (Phi) is 5.06. The van der Waals surface area contributed by atoms with Crippen molar-refractivity contribution in [1.82, 2.24) is 4.57 Å². The number of hydrogen-bond acceptors (Lipinski definition) is 3. The zero-order valence-corrected chi connectivity index (χ0v) is 18.5. The zero-order chi connectivity index (χ0) is 22.2. The van der Waals surface area contributed by atoms with Gasteiger partial charge in [-0.3, -0.25) is 4.79 Å². The first-order valence-electron chi connectivity index (χ1n) is 10.9. The Balaban J connectivity index is 1.43. The number of aromatic nitrogens is 1. The third-order valence-corrected chi connectivity index (χ3v) is 6.00. The van der Waals surface area contributed by atoms with Gasteiger partial charge < -0.3 is 14.0 Å². The average Bonchev–Trinajstić information content (AvgIpc) is 3.33. The molecule has 32 heavy (non-hydrogen) atoms. The van der Waals surface area contributed by atoms with Gasteiger partial charge in [0.1, 0.15) is 18.1 Å². The molecule has 3 aromatic carbocycles. The molecule has 4 nitrogen and oxygen atoms in total. The maximum absolute atomic E-state index is 13.0. The van der Waals surface area contributed by atoms with Gasteiger partial charge >= 0.3 is 0 Å². The lowest BCUT2D eigenvalue weighted by Crippen LogP contribution is -1.98. The van der Waals surface area contributed by atoms with Crippen LogP contribution in [0.3, 0.4) is 0 Å². The van der Waals surface area contributed by atoms with Crippen LogP contribution in [0.2, 0.25) is 0 Å². The van der Waals surface area contributed by atoms with Gasteiger partial charge in [-0.25, -0.2) is 0 Å². The number of hydrogen-bond donors (Lipinski definition) is 0. The number of para-hydroxylation sites is 1. The van der Waals surface area contributed by atoms with Gasteiger partial charge in [-0.15, -0.1) is 0 Å². The maximum Gasteiger partial charge on any atom is 0.231 e. The quantitative estimate of drug-likeness (QED) is 0.345. The summed E-state index contributed by atoms with van der Waals surface area (Å²) >= 11 is 0. The Labute approximate surface area is 187 Å². The van der Waals surface area contributed by atoms with Crippen LogP contribution in [0, 0.1) is 13.8 Å². The van der Waals surface area contributed by atoms with Gasteiger partial charge in [0.25, 0.3) is 0 Å². The first-order chi connectivity index (χ1) is 15.5. The number of benzene rings is 3. The number of carbonyl (C=O) groups is 1. The summed E-state index contributed by atoms with van der Waals surface area (Å²) in [5, 5.41) is 1.10.